The minimum atomic E-state index is -0.130. The zero-order valence-corrected chi connectivity index (χ0v) is 5.14. The van der Waals surface area contributed by atoms with Crippen molar-refractivity contribution in [3.63, 3.8) is 0 Å². The first-order valence-corrected chi connectivity index (χ1v) is 2.55. The van der Waals surface area contributed by atoms with Gasteiger partial charge in [0.15, 0.2) is 0 Å². The Bertz CT molecular complexity index is 103. The maximum Gasteiger partial charge on any atom is 0.236 e. The molecule has 3 nitrogen and oxygen atoms in total. The van der Waals surface area contributed by atoms with Crippen molar-refractivity contribution < 1.29 is 6.22 Å². The van der Waals surface area contributed by atoms with Crippen LogP contribution in [0, 0.1) is 0 Å². The number of hydrogen-bond acceptors (Lipinski definition) is 2. The van der Waals surface area contributed by atoms with Crippen LogP contribution >= 0.6 is 0 Å². The summed E-state index contributed by atoms with van der Waals surface area (Å²) in [6.45, 7) is 3.37. The Balaban J connectivity index is 0. The molecule has 8 heavy (non-hydrogen) atoms. The van der Waals surface area contributed by atoms with Crippen LogP contribution in [-0.2, 0) is 4.79 Å². The van der Waals surface area contributed by atoms with E-state index in [1.165, 1.54) is 6.92 Å². The summed E-state index contributed by atoms with van der Waals surface area (Å²) in [4.78, 5) is 10.1. The largest absolute Gasteiger partial charge is 0.274 e. The Morgan fingerprint density at radius 3 is 3.00 bits per heavy atom. The second kappa shape index (κ2) is 4.30. The predicted molar refractivity (Wildman–Crippen MR) is 34.7 cm³/mol. The van der Waals surface area contributed by atoms with E-state index in [1.54, 1.807) is 6.21 Å². The Morgan fingerprint density at radius 2 is 2.62 bits per heavy atom. The van der Waals surface area contributed by atoms with Crippen molar-refractivity contribution >= 4 is 12.1 Å². The van der Waals surface area contributed by atoms with Gasteiger partial charge in [-0.1, -0.05) is 6.92 Å². The number of nitrogens with one attached hydrogen (secondary N) is 1. The third-order valence-electron chi connectivity index (χ3n) is 0.496. The minimum Gasteiger partial charge on any atom is -0.274 e. The lowest BCUT2D eigenvalue weighted by atomic mass is 10.6. The number of carbonyl (C=O) groups is 1. The molecule has 3 heteroatoms. The minimum absolute atomic E-state index is 0. The summed E-state index contributed by atoms with van der Waals surface area (Å²) < 4.78 is 0. The number of nitrogens with zero attached hydrogens (tertiary/aromatic N) is 1. The number of hydrazone groups is 1. The molecular weight excluding hydrogens is 104 g/mol. The van der Waals surface area contributed by atoms with Gasteiger partial charge >= 0.3 is 0 Å². The first-order valence-electron chi connectivity index (χ1n) is 2.55. The molecule has 48 valence electrons. The molecule has 0 aromatic heterocycles. The third kappa shape index (κ3) is 5.14. The topological polar surface area (TPSA) is 41.5 Å². The van der Waals surface area contributed by atoms with Gasteiger partial charge in [0.1, 0.15) is 0 Å². The van der Waals surface area contributed by atoms with Crippen LogP contribution in [0.4, 0.5) is 0 Å². The highest BCUT2D eigenvalue weighted by Crippen LogP contribution is 1.65. The molecule has 0 saturated carbocycles. The molecule has 0 fully saturated rings. The van der Waals surface area contributed by atoms with Gasteiger partial charge < -0.3 is 0 Å². The molecule has 0 bridgehead atoms. The Morgan fingerprint density at radius 1 is 2.00 bits per heavy atom. The van der Waals surface area contributed by atoms with E-state index in [1.807, 2.05) is 6.92 Å². The Hall–Kier alpha value is -0.860. The highest BCUT2D eigenvalue weighted by Gasteiger charge is 1.79. The first-order chi connectivity index (χ1) is 3.77. The molecule has 0 aromatic carbocycles. The molecule has 1 N–H and O–H groups in total. The van der Waals surface area contributed by atoms with Gasteiger partial charge in [-0.3, -0.25) is 4.79 Å². The summed E-state index contributed by atoms with van der Waals surface area (Å²) >= 11 is 0. The van der Waals surface area contributed by atoms with E-state index in [2.05, 4.69) is 10.5 Å². The third-order valence-corrected chi connectivity index (χ3v) is 0.496. The summed E-state index contributed by atoms with van der Waals surface area (Å²) in [5.74, 6) is -0.130. The molecule has 0 aliphatic rings. The molecule has 0 rings (SSSR count). The summed E-state index contributed by atoms with van der Waals surface area (Å²) in [6.07, 6.45) is 2.49. The van der Waals surface area contributed by atoms with E-state index in [0.717, 1.165) is 6.42 Å². The van der Waals surface area contributed by atoms with Crippen LogP contribution in [0.15, 0.2) is 5.10 Å². The quantitative estimate of drug-likeness (QED) is 0.420. The summed E-state index contributed by atoms with van der Waals surface area (Å²) in [5.41, 5.74) is 2.28. The predicted octanol–water partition coefficient (Wildman–Crippen LogP) is 0.764. The Labute approximate surface area is 50.3 Å². The van der Waals surface area contributed by atoms with Crippen molar-refractivity contribution in [2.45, 2.75) is 20.3 Å². The standard InChI is InChI=1S/C5H10N2O.H2/c1-3-4-6-7-5(2)8;/h4H,3H2,1-2H3,(H,7,8);1H/b6-4+;. The van der Waals surface area contributed by atoms with Gasteiger partial charge in [-0.2, -0.15) is 5.10 Å². The molecule has 0 saturated heterocycles. The smallest absolute Gasteiger partial charge is 0.236 e. The van der Waals surface area contributed by atoms with Gasteiger partial charge in [0.25, 0.3) is 0 Å². The van der Waals surface area contributed by atoms with E-state index in [-0.39, 0.29) is 7.33 Å². The lowest BCUT2D eigenvalue weighted by Gasteiger charge is -1.86. The second-order valence-corrected chi connectivity index (χ2v) is 1.39. The van der Waals surface area contributed by atoms with E-state index in [0.29, 0.717) is 0 Å². The van der Waals surface area contributed by atoms with E-state index < -0.39 is 0 Å². The molecular formula is C5H12N2O. The molecule has 0 unspecified atom stereocenters. The van der Waals surface area contributed by atoms with Crippen molar-refractivity contribution in [3.8, 4) is 0 Å². The lowest BCUT2D eigenvalue weighted by Crippen LogP contribution is -2.11. The fraction of sp³-hybridized carbons (Fsp3) is 0.600. The van der Waals surface area contributed by atoms with Gasteiger partial charge in [-0.15, -0.1) is 0 Å². The van der Waals surface area contributed by atoms with E-state index in [4.69, 9.17) is 0 Å². The van der Waals surface area contributed by atoms with Crippen molar-refractivity contribution in [1.82, 2.24) is 5.43 Å². The lowest BCUT2D eigenvalue weighted by molar-refractivity contribution is -0.118. The maximum absolute atomic E-state index is 10.1. The van der Waals surface area contributed by atoms with Crippen molar-refractivity contribution in [2.75, 3.05) is 0 Å². The second-order valence-electron chi connectivity index (χ2n) is 1.39. The van der Waals surface area contributed by atoms with E-state index in [9.17, 15) is 4.79 Å². The maximum atomic E-state index is 10.1. The zero-order chi connectivity index (χ0) is 6.41. The molecule has 0 aromatic rings. The molecule has 1 amide bonds. The first kappa shape index (κ1) is 7.14. The van der Waals surface area contributed by atoms with Crippen LogP contribution < -0.4 is 5.43 Å². The summed E-state index contributed by atoms with van der Waals surface area (Å²) in [7, 11) is 0. The van der Waals surface area contributed by atoms with Gasteiger partial charge in [0.2, 0.25) is 5.91 Å². The number of carbonyl (C=O) groups excluding carboxylic acids is 1. The number of hydrogen-bond donors (Lipinski definition) is 1. The molecule has 0 atom stereocenters. The van der Waals surface area contributed by atoms with Gasteiger partial charge in [-0.25, -0.2) is 5.43 Å². The molecule has 0 aliphatic heterocycles. The monoisotopic (exact) mass is 116 g/mol. The summed E-state index contributed by atoms with van der Waals surface area (Å²) in [5, 5.41) is 3.56. The van der Waals surface area contributed by atoms with Crippen LogP contribution in [0.2, 0.25) is 0 Å². The molecule has 0 spiro atoms. The van der Waals surface area contributed by atoms with Crippen molar-refractivity contribution in [3.05, 3.63) is 0 Å². The van der Waals surface area contributed by atoms with Crippen LogP contribution in [-0.4, -0.2) is 12.1 Å². The number of rotatable bonds is 2. The number of amides is 1. The van der Waals surface area contributed by atoms with Gasteiger partial charge in [-0.05, 0) is 6.42 Å². The van der Waals surface area contributed by atoms with Gasteiger partial charge in [0.05, 0.1) is 0 Å². The molecule has 0 aliphatic carbocycles. The fourth-order valence-corrected chi connectivity index (χ4v) is 0.228. The average Bonchev–Trinajstić information content (AvgIpc) is 1.66. The average molecular weight is 116 g/mol. The van der Waals surface area contributed by atoms with E-state index >= 15 is 0 Å². The zero-order valence-electron chi connectivity index (χ0n) is 5.14. The SMILES string of the molecule is CC/C=N/NC(C)=O.[HH]. The van der Waals surface area contributed by atoms with Gasteiger partial charge in [0, 0.05) is 14.6 Å². The van der Waals surface area contributed by atoms with Crippen LogP contribution in [0.1, 0.15) is 21.7 Å². The molecule has 0 heterocycles. The fourth-order valence-electron chi connectivity index (χ4n) is 0.228. The normalized spacial score (nSPS) is 9.75. The van der Waals surface area contributed by atoms with Crippen LogP contribution in [0.25, 0.3) is 0 Å². The van der Waals surface area contributed by atoms with Crippen molar-refractivity contribution in [1.29, 1.82) is 0 Å². The van der Waals surface area contributed by atoms with Crippen LogP contribution in [0.5, 0.6) is 0 Å². The van der Waals surface area contributed by atoms with Crippen LogP contribution in [0.3, 0.4) is 0 Å². The highest BCUT2D eigenvalue weighted by atomic mass is 16.2. The molecule has 0 radical (unpaired) electrons. The highest BCUT2D eigenvalue weighted by molar-refractivity contribution is 5.73. The van der Waals surface area contributed by atoms with Crippen molar-refractivity contribution in [2.24, 2.45) is 5.10 Å². The summed E-state index contributed by atoms with van der Waals surface area (Å²) in [6, 6.07) is 0. The Kier molecular flexibility index (Phi) is 3.84.